The Morgan fingerprint density at radius 3 is 2.15 bits per heavy atom. The van der Waals surface area contributed by atoms with Gasteiger partial charge in [0, 0.05) is 6.42 Å². The molecule has 1 atom stereocenters. The zero-order chi connectivity index (χ0) is 13.9. The van der Waals surface area contributed by atoms with Crippen LogP contribution in [-0.2, 0) is 11.3 Å². The molecule has 0 amide bonds. The number of nitrogens with one attached hydrogen (secondary N) is 1. The van der Waals surface area contributed by atoms with E-state index in [0.29, 0.717) is 6.42 Å². The first-order chi connectivity index (χ1) is 9.70. The number of rotatable bonds is 3. The molecule has 0 spiro atoms. The molecule has 0 radical (unpaired) electrons. The maximum Gasteiger partial charge on any atom is 0.123 e. The van der Waals surface area contributed by atoms with Crippen LogP contribution in [0.5, 0.6) is 0 Å². The Morgan fingerprint density at radius 2 is 1.50 bits per heavy atom. The minimum absolute atomic E-state index is 0.125. The van der Waals surface area contributed by atoms with Crippen molar-refractivity contribution >= 4 is 5.70 Å². The van der Waals surface area contributed by atoms with E-state index in [1.165, 1.54) is 24.3 Å². The van der Waals surface area contributed by atoms with Gasteiger partial charge in [-0.25, -0.2) is 8.78 Å². The molecular weight excluding hydrogens is 260 g/mol. The van der Waals surface area contributed by atoms with E-state index in [1.807, 2.05) is 6.08 Å². The fraction of sp³-hybridized carbons (Fsp3) is 0.125. The highest BCUT2D eigenvalue weighted by atomic mass is 19.1. The third-order valence-corrected chi connectivity index (χ3v) is 3.18. The number of hydroxylamine groups is 1. The van der Waals surface area contributed by atoms with Crippen LogP contribution in [0.1, 0.15) is 11.1 Å². The van der Waals surface area contributed by atoms with Crippen LogP contribution in [0.3, 0.4) is 0 Å². The highest BCUT2D eigenvalue weighted by Gasteiger charge is 2.17. The maximum atomic E-state index is 12.9. The van der Waals surface area contributed by atoms with Gasteiger partial charge in [-0.3, -0.25) is 10.3 Å². The second kappa shape index (κ2) is 5.43. The number of hydrogen-bond donors (Lipinski definition) is 1. The summed E-state index contributed by atoms with van der Waals surface area (Å²) in [6.45, 7) is 0. The lowest BCUT2D eigenvalue weighted by atomic mass is 10.1. The Balaban J connectivity index is 1.71. The van der Waals surface area contributed by atoms with Crippen LogP contribution >= 0.6 is 0 Å². The molecule has 4 heteroatoms. The van der Waals surface area contributed by atoms with Crippen LogP contribution < -0.4 is 5.48 Å². The summed E-state index contributed by atoms with van der Waals surface area (Å²) in [6.07, 6.45) is 2.47. The Bertz CT molecular complexity index is 620. The van der Waals surface area contributed by atoms with E-state index in [-0.39, 0.29) is 17.7 Å². The zero-order valence-electron chi connectivity index (χ0n) is 10.6. The Labute approximate surface area is 115 Å². The quantitative estimate of drug-likeness (QED) is 0.924. The molecular formula is C16H13F2NO. The molecule has 2 aromatic carbocycles. The van der Waals surface area contributed by atoms with Gasteiger partial charge in [0.05, 0.1) is 5.70 Å². The molecule has 1 aliphatic rings. The van der Waals surface area contributed by atoms with Crippen LogP contribution in [0.4, 0.5) is 8.78 Å². The summed E-state index contributed by atoms with van der Waals surface area (Å²) in [6, 6.07) is 12.5. The highest BCUT2D eigenvalue weighted by molar-refractivity contribution is 5.64. The predicted molar refractivity (Wildman–Crippen MR) is 72.5 cm³/mol. The summed E-state index contributed by atoms with van der Waals surface area (Å²) in [5, 5.41) is 0. The summed E-state index contributed by atoms with van der Waals surface area (Å²) in [5.41, 5.74) is 5.52. The molecule has 0 fully saturated rings. The van der Waals surface area contributed by atoms with E-state index in [9.17, 15) is 8.78 Å². The van der Waals surface area contributed by atoms with E-state index >= 15 is 0 Å². The van der Waals surface area contributed by atoms with Gasteiger partial charge >= 0.3 is 0 Å². The third-order valence-electron chi connectivity index (χ3n) is 3.18. The molecule has 20 heavy (non-hydrogen) atoms. The molecule has 102 valence electrons. The molecule has 1 N–H and O–H groups in total. The molecule has 1 aliphatic heterocycles. The van der Waals surface area contributed by atoms with Crippen LogP contribution in [0.15, 0.2) is 54.6 Å². The minimum Gasteiger partial charge on any atom is -0.268 e. The largest absolute Gasteiger partial charge is 0.268 e. The van der Waals surface area contributed by atoms with Crippen LogP contribution in [0.25, 0.3) is 5.70 Å². The summed E-state index contributed by atoms with van der Waals surface area (Å²) in [7, 11) is 0. The van der Waals surface area contributed by atoms with Crippen molar-refractivity contribution in [2.24, 2.45) is 0 Å². The van der Waals surface area contributed by atoms with Gasteiger partial charge in [0.1, 0.15) is 17.7 Å². The fourth-order valence-electron chi connectivity index (χ4n) is 2.13. The second-order valence-electron chi connectivity index (χ2n) is 4.68. The van der Waals surface area contributed by atoms with Crippen molar-refractivity contribution in [3.05, 3.63) is 77.4 Å². The summed E-state index contributed by atoms with van der Waals surface area (Å²) in [5.74, 6) is -0.516. The number of benzene rings is 2. The van der Waals surface area contributed by atoms with Gasteiger partial charge in [0.25, 0.3) is 0 Å². The van der Waals surface area contributed by atoms with Crippen LogP contribution in [0.2, 0.25) is 0 Å². The van der Waals surface area contributed by atoms with Crippen molar-refractivity contribution in [3.8, 4) is 0 Å². The van der Waals surface area contributed by atoms with Crippen molar-refractivity contribution in [1.29, 1.82) is 0 Å². The lowest BCUT2D eigenvalue weighted by Gasteiger charge is -2.07. The first-order valence-corrected chi connectivity index (χ1v) is 6.34. The van der Waals surface area contributed by atoms with Crippen LogP contribution in [-0.4, -0.2) is 6.10 Å². The molecule has 0 aromatic heterocycles. The van der Waals surface area contributed by atoms with E-state index in [0.717, 1.165) is 16.8 Å². The lowest BCUT2D eigenvalue weighted by Crippen LogP contribution is -2.14. The van der Waals surface area contributed by atoms with Crippen molar-refractivity contribution in [1.82, 2.24) is 5.48 Å². The number of hydrogen-bond acceptors (Lipinski definition) is 2. The predicted octanol–water partition coefficient (Wildman–Crippen LogP) is 3.45. The number of halogens is 2. The van der Waals surface area contributed by atoms with Gasteiger partial charge in [0.2, 0.25) is 0 Å². The fourth-order valence-corrected chi connectivity index (χ4v) is 2.13. The highest BCUT2D eigenvalue weighted by Crippen LogP contribution is 2.21. The van der Waals surface area contributed by atoms with Crippen molar-refractivity contribution in [2.45, 2.75) is 12.5 Å². The summed E-state index contributed by atoms with van der Waals surface area (Å²) < 4.78 is 25.7. The smallest absolute Gasteiger partial charge is 0.123 e. The molecule has 3 rings (SSSR count). The molecule has 1 heterocycles. The normalized spacial score (nSPS) is 17.7. The summed E-state index contributed by atoms with van der Waals surface area (Å²) >= 11 is 0. The first kappa shape index (κ1) is 12.8. The van der Waals surface area contributed by atoms with Gasteiger partial charge < -0.3 is 0 Å². The standard InChI is InChI=1S/C16H13F2NO/c17-13-5-1-11(2-6-13)9-15-10-16(19-20-15)12-3-7-14(18)8-4-12/h1-8,10,15,19H,9H2. The van der Waals surface area contributed by atoms with E-state index in [2.05, 4.69) is 5.48 Å². The molecule has 2 nitrogen and oxygen atoms in total. The molecule has 0 saturated carbocycles. The SMILES string of the molecule is Fc1ccc(CC2C=C(c3ccc(F)cc3)NO2)cc1. The molecule has 1 unspecified atom stereocenters. The topological polar surface area (TPSA) is 21.3 Å². The Kier molecular flexibility index (Phi) is 3.48. The minimum atomic E-state index is -0.267. The zero-order valence-corrected chi connectivity index (χ0v) is 10.6. The van der Waals surface area contributed by atoms with E-state index in [4.69, 9.17) is 4.84 Å². The molecule has 0 aliphatic carbocycles. The Morgan fingerprint density at radius 1 is 0.900 bits per heavy atom. The second-order valence-corrected chi connectivity index (χ2v) is 4.68. The average Bonchev–Trinajstić information content (AvgIpc) is 2.91. The lowest BCUT2D eigenvalue weighted by molar-refractivity contribution is 0.0519. The van der Waals surface area contributed by atoms with Crippen LogP contribution in [0, 0.1) is 11.6 Å². The van der Waals surface area contributed by atoms with Gasteiger partial charge in [-0.05, 0) is 53.6 Å². The average molecular weight is 273 g/mol. The van der Waals surface area contributed by atoms with Crippen molar-refractivity contribution in [2.75, 3.05) is 0 Å². The summed E-state index contributed by atoms with van der Waals surface area (Å²) in [4.78, 5) is 5.45. The van der Waals surface area contributed by atoms with Crippen molar-refractivity contribution < 1.29 is 13.6 Å². The monoisotopic (exact) mass is 273 g/mol. The molecule has 2 aromatic rings. The van der Waals surface area contributed by atoms with E-state index < -0.39 is 0 Å². The first-order valence-electron chi connectivity index (χ1n) is 6.34. The Hall–Kier alpha value is -2.20. The van der Waals surface area contributed by atoms with Crippen molar-refractivity contribution in [3.63, 3.8) is 0 Å². The van der Waals surface area contributed by atoms with Gasteiger partial charge in [0.15, 0.2) is 0 Å². The van der Waals surface area contributed by atoms with Gasteiger partial charge in [-0.15, -0.1) is 0 Å². The van der Waals surface area contributed by atoms with Gasteiger partial charge in [-0.2, -0.15) is 0 Å². The van der Waals surface area contributed by atoms with Gasteiger partial charge in [-0.1, -0.05) is 12.1 Å². The molecule has 0 bridgehead atoms. The van der Waals surface area contributed by atoms with E-state index in [1.54, 1.807) is 24.3 Å². The maximum absolute atomic E-state index is 12.9. The molecule has 0 saturated heterocycles. The third kappa shape index (κ3) is 2.86.